The SMILES string of the molecule is N#CCCN(Cc1ccc(Br)cc1[N+](=O)[O-])C1CC1. The molecule has 0 N–H and O–H groups in total. The van der Waals surface area contributed by atoms with Crippen molar-refractivity contribution >= 4 is 21.6 Å². The summed E-state index contributed by atoms with van der Waals surface area (Å²) in [4.78, 5) is 12.9. The lowest BCUT2D eigenvalue weighted by Crippen LogP contribution is -2.26. The molecule has 1 fully saturated rings. The highest BCUT2D eigenvalue weighted by Gasteiger charge is 2.30. The van der Waals surface area contributed by atoms with Crippen LogP contribution in [0.25, 0.3) is 0 Å². The van der Waals surface area contributed by atoms with Crippen molar-refractivity contribution in [1.29, 1.82) is 5.26 Å². The third-order valence-electron chi connectivity index (χ3n) is 3.19. The number of nitriles is 1. The average molecular weight is 324 g/mol. The van der Waals surface area contributed by atoms with E-state index in [0.29, 0.717) is 35.6 Å². The molecule has 2 rings (SSSR count). The number of hydrogen-bond donors (Lipinski definition) is 0. The normalized spacial score (nSPS) is 14.4. The number of nitro groups is 1. The van der Waals surface area contributed by atoms with Crippen molar-refractivity contribution in [3.8, 4) is 6.07 Å². The van der Waals surface area contributed by atoms with E-state index in [4.69, 9.17) is 5.26 Å². The zero-order chi connectivity index (χ0) is 13.8. The van der Waals surface area contributed by atoms with Crippen LogP contribution in [-0.2, 0) is 6.54 Å². The number of benzene rings is 1. The van der Waals surface area contributed by atoms with Gasteiger partial charge in [-0.2, -0.15) is 5.26 Å². The Labute approximate surface area is 120 Å². The Morgan fingerprint density at radius 2 is 2.26 bits per heavy atom. The van der Waals surface area contributed by atoms with E-state index in [0.717, 1.165) is 12.8 Å². The van der Waals surface area contributed by atoms with Crippen molar-refractivity contribution in [1.82, 2.24) is 4.90 Å². The zero-order valence-corrected chi connectivity index (χ0v) is 12.0. The maximum Gasteiger partial charge on any atom is 0.275 e. The highest BCUT2D eigenvalue weighted by atomic mass is 79.9. The fourth-order valence-electron chi connectivity index (χ4n) is 2.08. The summed E-state index contributed by atoms with van der Waals surface area (Å²) in [6.07, 6.45) is 2.70. The summed E-state index contributed by atoms with van der Waals surface area (Å²) in [6.45, 7) is 1.21. The lowest BCUT2D eigenvalue weighted by Gasteiger charge is -2.20. The van der Waals surface area contributed by atoms with Crippen LogP contribution in [-0.4, -0.2) is 22.4 Å². The second kappa shape index (κ2) is 6.13. The molecule has 0 amide bonds. The van der Waals surface area contributed by atoms with Crippen molar-refractivity contribution < 1.29 is 4.92 Å². The summed E-state index contributed by atoms with van der Waals surface area (Å²) in [6, 6.07) is 7.74. The Morgan fingerprint density at radius 1 is 1.53 bits per heavy atom. The van der Waals surface area contributed by atoms with Gasteiger partial charge in [-0.15, -0.1) is 0 Å². The maximum absolute atomic E-state index is 11.1. The predicted molar refractivity (Wildman–Crippen MR) is 74.5 cm³/mol. The molecule has 5 nitrogen and oxygen atoms in total. The van der Waals surface area contributed by atoms with Gasteiger partial charge in [-0.3, -0.25) is 15.0 Å². The van der Waals surface area contributed by atoms with Crippen LogP contribution in [0.1, 0.15) is 24.8 Å². The molecule has 0 radical (unpaired) electrons. The molecule has 0 aromatic heterocycles. The fourth-order valence-corrected chi connectivity index (χ4v) is 2.43. The van der Waals surface area contributed by atoms with Gasteiger partial charge in [0, 0.05) is 41.7 Å². The highest BCUT2D eigenvalue weighted by molar-refractivity contribution is 9.10. The van der Waals surface area contributed by atoms with E-state index in [2.05, 4.69) is 26.9 Å². The summed E-state index contributed by atoms with van der Waals surface area (Å²) in [5, 5.41) is 19.7. The first-order chi connectivity index (χ1) is 9.11. The zero-order valence-electron chi connectivity index (χ0n) is 10.4. The molecule has 100 valence electrons. The molecule has 0 atom stereocenters. The Kier molecular flexibility index (Phi) is 4.51. The van der Waals surface area contributed by atoms with Gasteiger partial charge >= 0.3 is 0 Å². The van der Waals surface area contributed by atoms with Crippen LogP contribution in [0.2, 0.25) is 0 Å². The second-order valence-electron chi connectivity index (χ2n) is 4.64. The first kappa shape index (κ1) is 14.0. The largest absolute Gasteiger partial charge is 0.295 e. The number of rotatable bonds is 6. The molecule has 1 aromatic carbocycles. The predicted octanol–water partition coefficient (Wildman–Crippen LogP) is 3.24. The van der Waals surface area contributed by atoms with Gasteiger partial charge in [0.05, 0.1) is 11.0 Å². The van der Waals surface area contributed by atoms with Crippen molar-refractivity contribution in [2.24, 2.45) is 0 Å². The van der Waals surface area contributed by atoms with Crippen LogP contribution in [0.15, 0.2) is 22.7 Å². The van der Waals surface area contributed by atoms with Crippen molar-refractivity contribution in [2.45, 2.75) is 31.8 Å². The molecule has 0 heterocycles. The molecule has 1 aliphatic carbocycles. The van der Waals surface area contributed by atoms with Gasteiger partial charge in [-0.25, -0.2) is 0 Å². The van der Waals surface area contributed by atoms with Crippen LogP contribution >= 0.6 is 15.9 Å². The van der Waals surface area contributed by atoms with Crippen molar-refractivity contribution in [3.63, 3.8) is 0 Å². The fraction of sp³-hybridized carbons (Fsp3) is 0.462. The second-order valence-corrected chi connectivity index (χ2v) is 5.56. The molecule has 19 heavy (non-hydrogen) atoms. The molecule has 0 saturated heterocycles. The summed E-state index contributed by atoms with van der Waals surface area (Å²) in [5.41, 5.74) is 0.843. The maximum atomic E-state index is 11.1. The van der Waals surface area contributed by atoms with Gasteiger partial charge in [-0.05, 0) is 25.0 Å². The molecular weight excluding hydrogens is 310 g/mol. The van der Waals surface area contributed by atoms with E-state index in [1.807, 2.05) is 6.07 Å². The lowest BCUT2D eigenvalue weighted by atomic mass is 10.1. The number of nitrogens with zero attached hydrogens (tertiary/aromatic N) is 3. The first-order valence-electron chi connectivity index (χ1n) is 6.15. The number of nitro benzene ring substituents is 1. The van der Waals surface area contributed by atoms with Crippen LogP contribution in [0.5, 0.6) is 0 Å². The number of hydrogen-bond acceptors (Lipinski definition) is 4. The van der Waals surface area contributed by atoms with E-state index >= 15 is 0 Å². The van der Waals surface area contributed by atoms with Crippen LogP contribution in [0.3, 0.4) is 0 Å². The Morgan fingerprint density at radius 3 is 2.84 bits per heavy atom. The van der Waals surface area contributed by atoms with Crippen molar-refractivity contribution in [3.05, 3.63) is 38.3 Å². The van der Waals surface area contributed by atoms with Gasteiger partial charge in [-0.1, -0.05) is 15.9 Å². The van der Waals surface area contributed by atoms with E-state index in [1.54, 1.807) is 6.07 Å². The Balaban J connectivity index is 2.16. The monoisotopic (exact) mass is 323 g/mol. The molecule has 1 saturated carbocycles. The molecule has 1 aromatic rings. The minimum Gasteiger partial charge on any atom is -0.295 e. The summed E-state index contributed by atoms with van der Waals surface area (Å²) in [7, 11) is 0. The van der Waals surface area contributed by atoms with E-state index in [9.17, 15) is 10.1 Å². The van der Waals surface area contributed by atoms with Gasteiger partial charge in [0.25, 0.3) is 5.69 Å². The molecule has 0 spiro atoms. The topological polar surface area (TPSA) is 70.2 Å². The summed E-state index contributed by atoms with van der Waals surface area (Å²) in [5.74, 6) is 0. The third kappa shape index (κ3) is 3.75. The van der Waals surface area contributed by atoms with Gasteiger partial charge in [0.1, 0.15) is 0 Å². The van der Waals surface area contributed by atoms with Crippen molar-refractivity contribution in [2.75, 3.05) is 6.54 Å². The minimum absolute atomic E-state index is 0.136. The van der Waals surface area contributed by atoms with E-state index in [-0.39, 0.29) is 10.6 Å². The molecule has 0 aliphatic heterocycles. The van der Waals surface area contributed by atoms with Crippen LogP contribution in [0.4, 0.5) is 5.69 Å². The third-order valence-corrected chi connectivity index (χ3v) is 3.68. The standard InChI is InChI=1S/C13H14BrN3O2/c14-11-3-2-10(13(8-11)17(18)19)9-16(7-1-6-15)12-4-5-12/h2-3,8,12H,1,4-5,7,9H2. The molecular formula is C13H14BrN3O2. The summed E-state index contributed by atoms with van der Waals surface area (Å²) >= 11 is 3.25. The molecule has 0 bridgehead atoms. The van der Waals surface area contributed by atoms with E-state index < -0.39 is 0 Å². The Bertz CT molecular complexity index is 523. The van der Waals surface area contributed by atoms with Crippen LogP contribution in [0, 0.1) is 21.4 Å². The molecule has 6 heteroatoms. The van der Waals surface area contributed by atoms with Gasteiger partial charge < -0.3 is 0 Å². The molecule has 0 unspecified atom stereocenters. The Hall–Kier alpha value is -1.45. The van der Waals surface area contributed by atoms with Gasteiger partial charge in [0.15, 0.2) is 0 Å². The minimum atomic E-state index is -0.352. The van der Waals surface area contributed by atoms with Crippen LogP contribution < -0.4 is 0 Å². The van der Waals surface area contributed by atoms with Gasteiger partial charge in [0.2, 0.25) is 0 Å². The van der Waals surface area contributed by atoms with E-state index in [1.165, 1.54) is 6.07 Å². The molecule has 1 aliphatic rings. The quantitative estimate of drug-likeness (QED) is 0.595. The first-order valence-corrected chi connectivity index (χ1v) is 6.95. The lowest BCUT2D eigenvalue weighted by molar-refractivity contribution is -0.385. The smallest absolute Gasteiger partial charge is 0.275 e. The highest BCUT2D eigenvalue weighted by Crippen LogP contribution is 2.31. The number of halogens is 1. The average Bonchev–Trinajstić information content (AvgIpc) is 3.20. The summed E-state index contributed by atoms with van der Waals surface area (Å²) < 4.78 is 0.706.